The van der Waals surface area contributed by atoms with Gasteiger partial charge in [0, 0.05) is 108 Å². The minimum Gasteiger partial charge on any atom is 0 e. The zero-order chi connectivity index (χ0) is 0. The molecule has 0 saturated heterocycles. The van der Waals surface area contributed by atoms with Crippen LogP contribution in [-0.4, -0.2) is 0 Å². The molecule has 0 atom stereocenters. The Balaban J connectivity index is 0. The van der Waals surface area contributed by atoms with E-state index in [1.54, 1.807) is 0 Å². The van der Waals surface area contributed by atoms with Crippen LogP contribution in [0.4, 0.5) is 0 Å². The first kappa shape index (κ1) is 39.9. The third-order valence-electron chi connectivity index (χ3n) is 0. The van der Waals surface area contributed by atoms with Crippen molar-refractivity contribution < 1.29 is 108 Å². The zero-order valence-corrected chi connectivity index (χ0v) is 9.09. The molecule has 0 unspecified atom stereocenters. The molecule has 0 heterocycles. The Hall–Kier alpha value is 3.39. The first-order valence-corrected chi connectivity index (χ1v) is 0. The third kappa shape index (κ3) is 18.7. The van der Waals surface area contributed by atoms with Crippen LogP contribution in [0.2, 0.25) is 0 Å². The second kappa shape index (κ2) is 26.3. The molecule has 0 aromatic rings. The molecule has 5 heavy (non-hydrogen) atoms. The summed E-state index contributed by atoms with van der Waals surface area (Å²) in [6, 6.07) is 0. The summed E-state index contributed by atoms with van der Waals surface area (Å²) in [5, 5.41) is 0. The molecular formula is CoCuFeNdNi. The van der Waals surface area contributed by atoms with Gasteiger partial charge in [-0.15, -0.1) is 0 Å². The van der Waals surface area contributed by atoms with E-state index in [0.717, 1.165) is 0 Å². The molecule has 0 saturated carbocycles. The molecule has 0 N–H and O–H groups in total. The van der Waals surface area contributed by atoms with Crippen molar-refractivity contribution >= 4 is 0 Å². The van der Waals surface area contributed by atoms with Gasteiger partial charge in [0.15, 0.2) is 0 Å². The van der Waals surface area contributed by atoms with Gasteiger partial charge in [0.25, 0.3) is 0 Å². The maximum atomic E-state index is 0. The van der Waals surface area contributed by atoms with E-state index in [1.165, 1.54) is 0 Å². The molecule has 0 nitrogen and oxygen atoms in total. The van der Waals surface area contributed by atoms with Crippen molar-refractivity contribution in [3.8, 4) is 0 Å². The first-order valence-electron chi connectivity index (χ1n) is 0. The Bertz CT molecular complexity index is 11.6. The quantitative estimate of drug-likeness (QED) is 0.518. The van der Waals surface area contributed by atoms with E-state index in [4.69, 9.17) is 0 Å². The molecule has 0 amide bonds. The van der Waals surface area contributed by atoms with E-state index in [1.807, 2.05) is 0 Å². The van der Waals surface area contributed by atoms with E-state index in [0.29, 0.717) is 0 Å². The van der Waals surface area contributed by atoms with Crippen LogP contribution in [0.15, 0.2) is 0 Å². The molecule has 2 radical (unpaired) electrons. The summed E-state index contributed by atoms with van der Waals surface area (Å²) in [6.45, 7) is 0. The molecule has 42 valence electrons. The summed E-state index contributed by atoms with van der Waals surface area (Å²) in [5.41, 5.74) is 0. The van der Waals surface area contributed by atoms with Gasteiger partial charge in [0.05, 0.1) is 0 Å². The Morgan fingerprint density at radius 2 is 1.00 bits per heavy atom. The molecule has 0 aliphatic heterocycles. The largest absolute Gasteiger partial charge is 0 e. The summed E-state index contributed by atoms with van der Waals surface area (Å²) in [5.74, 6) is 0. The topological polar surface area (TPSA) is 0 Å². The van der Waals surface area contributed by atoms with Gasteiger partial charge in [0.1, 0.15) is 0 Å². The van der Waals surface area contributed by atoms with Crippen molar-refractivity contribution in [3.63, 3.8) is 0 Å². The van der Waals surface area contributed by atoms with Crippen LogP contribution in [0.3, 0.4) is 0 Å². The van der Waals surface area contributed by atoms with Gasteiger partial charge in [-0.3, -0.25) is 0 Å². The molecular weight excluding hydrogens is 381 g/mol. The average Bonchev–Trinajstić information content (AvgIpc) is 0. The summed E-state index contributed by atoms with van der Waals surface area (Å²) < 4.78 is 0. The summed E-state index contributed by atoms with van der Waals surface area (Å²) >= 11 is 0. The standard InChI is InChI=1S/Co.Cu.Fe.Nd.Ni. The van der Waals surface area contributed by atoms with Crippen LogP contribution in [0.5, 0.6) is 0 Å². The van der Waals surface area contributed by atoms with E-state index in [2.05, 4.69) is 0 Å². The average molecular weight is 381 g/mol. The second-order valence-electron chi connectivity index (χ2n) is 0. The summed E-state index contributed by atoms with van der Waals surface area (Å²) in [7, 11) is 0. The third-order valence-corrected chi connectivity index (χ3v) is 0. The van der Waals surface area contributed by atoms with Gasteiger partial charge in [-0.1, -0.05) is 0 Å². The monoisotopic (exact) mass is 378 g/mol. The van der Waals surface area contributed by atoms with Crippen molar-refractivity contribution in [1.82, 2.24) is 0 Å². The van der Waals surface area contributed by atoms with Crippen molar-refractivity contribution in [2.45, 2.75) is 0 Å². The molecule has 0 aromatic carbocycles. The van der Waals surface area contributed by atoms with E-state index in [9.17, 15) is 0 Å². The Morgan fingerprint density at radius 1 is 1.00 bits per heavy atom. The molecule has 0 rings (SSSR count). The fourth-order valence-electron chi connectivity index (χ4n) is 0. The molecule has 0 aliphatic carbocycles. The van der Waals surface area contributed by atoms with Crippen molar-refractivity contribution in [2.75, 3.05) is 0 Å². The van der Waals surface area contributed by atoms with Gasteiger partial charge >= 0.3 is 0 Å². The van der Waals surface area contributed by atoms with Gasteiger partial charge in [-0.25, -0.2) is 0 Å². The number of rotatable bonds is 0. The van der Waals surface area contributed by atoms with Gasteiger partial charge in [-0.2, -0.15) is 0 Å². The zero-order valence-electron chi connectivity index (χ0n) is 1.80. The fourth-order valence-corrected chi connectivity index (χ4v) is 0. The maximum Gasteiger partial charge on any atom is 0 e. The Kier molecular flexibility index (Phi) is 209. The van der Waals surface area contributed by atoms with Gasteiger partial charge in [0.2, 0.25) is 0 Å². The Labute approximate surface area is 106 Å². The van der Waals surface area contributed by atoms with E-state index >= 15 is 0 Å². The predicted octanol–water partition coefficient (Wildman–Crippen LogP) is -0.0100. The molecule has 0 aromatic heterocycles. The van der Waals surface area contributed by atoms with Crippen LogP contribution >= 0.6 is 0 Å². The van der Waals surface area contributed by atoms with Gasteiger partial charge in [-0.05, 0) is 0 Å². The van der Waals surface area contributed by atoms with Crippen LogP contribution < -0.4 is 0 Å². The number of hydrogen-bond donors (Lipinski definition) is 0. The summed E-state index contributed by atoms with van der Waals surface area (Å²) in [4.78, 5) is 0. The van der Waals surface area contributed by atoms with Crippen LogP contribution in [0.1, 0.15) is 0 Å². The van der Waals surface area contributed by atoms with E-state index < -0.39 is 0 Å². The van der Waals surface area contributed by atoms with E-state index in [-0.39, 0.29) is 108 Å². The van der Waals surface area contributed by atoms with Crippen LogP contribution in [0, 0.1) is 40.8 Å². The molecule has 5 heteroatoms. The number of hydrogen-bond acceptors (Lipinski definition) is 0. The fraction of sp³-hybridized carbons (Fsp3) is 0. The van der Waals surface area contributed by atoms with Gasteiger partial charge < -0.3 is 0 Å². The molecule has 0 spiro atoms. The SMILES string of the molecule is [Co].[Cu].[Fe].[Nd].[Ni]. The predicted molar refractivity (Wildman–Crippen MR) is 0 cm³/mol. The molecule has 0 aliphatic rings. The summed E-state index contributed by atoms with van der Waals surface area (Å²) in [6.07, 6.45) is 0. The van der Waals surface area contributed by atoms with Crippen LogP contribution in [0.25, 0.3) is 0 Å². The normalized spacial score (nSPS) is 0. The van der Waals surface area contributed by atoms with Crippen LogP contribution in [-0.2, 0) is 67.4 Å². The van der Waals surface area contributed by atoms with Crippen molar-refractivity contribution in [1.29, 1.82) is 0 Å². The Morgan fingerprint density at radius 3 is 1.00 bits per heavy atom. The van der Waals surface area contributed by atoms with Crippen molar-refractivity contribution in [2.24, 2.45) is 0 Å². The smallest absolute Gasteiger partial charge is 0 e. The van der Waals surface area contributed by atoms with Crippen molar-refractivity contribution in [3.05, 3.63) is 0 Å². The first-order chi connectivity index (χ1) is 0. The minimum atomic E-state index is 0. The molecule has 0 fully saturated rings. The molecule has 0 bridgehead atoms. The maximum absolute atomic E-state index is 0. The second-order valence-corrected chi connectivity index (χ2v) is 0. The minimum absolute atomic E-state index is 0.